The molecular weight excluding hydrogens is 226 g/mol. The Kier molecular flexibility index (Phi) is 3.69. The molecule has 18 heavy (non-hydrogen) atoms. The summed E-state index contributed by atoms with van der Waals surface area (Å²) in [6, 6.07) is 6.37. The summed E-state index contributed by atoms with van der Waals surface area (Å²) in [6.07, 6.45) is 5.09. The Morgan fingerprint density at radius 2 is 1.83 bits per heavy atom. The molecule has 0 spiro atoms. The van der Waals surface area contributed by atoms with Crippen LogP contribution in [0.3, 0.4) is 0 Å². The Morgan fingerprint density at radius 3 is 2.67 bits per heavy atom. The van der Waals surface area contributed by atoms with Gasteiger partial charge >= 0.3 is 0 Å². The predicted octanol–water partition coefficient (Wildman–Crippen LogP) is 2.39. The van der Waals surface area contributed by atoms with Crippen LogP contribution in [0, 0.1) is 5.92 Å². The monoisotopic (exact) mass is 247 g/mol. The van der Waals surface area contributed by atoms with Crippen LogP contribution in [0.2, 0.25) is 0 Å². The van der Waals surface area contributed by atoms with Gasteiger partial charge < -0.3 is 14.8 Å². The van der Waals surface area contributed by atoms with Crippen LogP contribution in [0.1, 0.15) is 24.8 Å². The van der Waals surface area contributed by atoms with Gasteiger partial charge in [0.05, 0.1) is 0 Å². The SMILES string of the molecule is c1cc2c(cc1CCC1CCNCC1)OCCO2. The van der Waals surface area contributed by atoms with Crippen molar-refractivity contribution in [2.75, 3.05) is 26.3 Å². The number of ether oxygens (including phenoxy) is 2. The molecule has 2 aliphatic heterocycles. The molecule has 1 saturated heterocycles. The molecule has 0 aliphatic carbocycles. The normalized spacial score (nSPS) is 19.8. The van der Waals surface area contributed by atoms with Crippen molar-refractivity contribution in [1.82, 2.24) is 5.32 Å². The lowest BCUT2D eigenvalue weighted by atomic mass is 9.91. The molecular formula is C15H21NO2. The van der Waals surface area contributed by atoms with Gasteiger partial charge in [-0.25, -0.2) is 0 Å². The first-order chi connectivity index (χ1) is 8.92. The number of hydrogen-bond acceptors (Lipinski definition) is 3. The van der Waals surface area contributed by atoms with Crippen LogP contribution in [0.4, 0.5) is 0 Å². The summed E-state index contributed by atoms with van der Waals surface area (Å²) < 4.78 is 11.2. The van der Waals surface area contributed by atoms with Crippen molar-refractivity contribution in [2.45, 2.75) is 25.7 Å². The number of fused-ring (bicyclic) bond motifs is 1. The first-order valence-electron chi connectivity index (χ1n) is 7.01. The molecule has 0 radical (unpaired) electrons. The molecule has 0 atom stereocenters. The minimum absolute atomic E-state index is 0.668. The maximum atomic E-state index is 5.62. The molecule has 98 valence electrons. The average molecular weight is 247 g/mol. The van der Waals surface area contributed by atoms with Crippen LogP contribution in [0.15, 0.2) is 18.2 Å². The van der Waals surface area contributed by atoms with E-state index in [2.05, 4.69) is 17.4 Å². The number of rotatable bonds is 3. The van der Waals surface area contributed by atoms with E-state index in [9.17, 15) is 0 Å². The third-order valence-electron chi connectivity index (χ3n) is 3.91. The highest BCUT2D eigenvalue weighted by Crippen LogP contribution is 2.31. The van der Waals surface area contributed by atoms with E-state index in [1.165, 1.54) is 37.9 Å². The summed E-state index contributed by atoms with van der Waals surface area (Å²) in [6.45, 7) is 3.71. The zero-order chi connectivity index (χ0) is 12.2. The van der Waals surface area contributed by atoms with Crippen molar-refractivity contribution in [3.8, 4) is 11.5 Å². The maximum absolute atomic E-state index is 5.62. The second-order valence-corrected chi connectivity index (χ2v) is 5.21. The van der Waals surface area contributed by atoms with Gasteiger partial charge in [0.25, 0.3) is 0 Å². The zero-order valence-corrected chi connectivity index (χ0v) is 10.8. The minimum atomic E-state index is 0.668. The molecule has 3 rings (SSSR count). The largest absolute Gasteiger partial charge is 0.486 e. The molecule has 3 nitrogen and oxygen atoms in total. The summed E-state index contributed by atoms with van der Waals surface area (Å²) in [7, 11) is 0. The fourth-order valence-electron chi connectivity index (χ4n) is 2.78. The summed E-state index contributed by atoms with van der Waals surface area (Å²) in [5.41, 5.74) is 1.37. The van der Waals surface area contributed by atoms with Crippen molar-refractivity contribution in [1.29, 1.82) is 0 Å². The lowest BCUT2D eigenvalue weighted by molar-refractivity contribution is 0.171. The maximum Gasteiger partial charge on any atom is 0.161 e. The summed E-state index contributed by atoms with van der Waals surface area (Å²) in [4.78, 5) is 0. The van der Waals surface area contributed by atoms with Crippen LogP contribution < -0.4 is 14.8 Å². The van der Waals surface area contributed by atoms with Crippen molar-refractivity contribution in [3.63, 3.8) is 0 Å². The third-order valence-corrected chi connectivity index (χ3v) is 3.91. The second kappa shape index (κ2) is 5.61. The Morgan fingerprint density at radius 1 is 1.06 bits per heavy atom. The van der Waals surface area contributed by atoms with Crippen LogP contribution >= 0.6 is 0 Å². The number of benzene rings is 1. The van der Waals surface area contributed by atoms with E-state index in [1.807, 2.05) is 6.07 Å². The van der Waals surface area contributed by atoms with Crippen molar-refractivity contribution in [2.24, 2.45) is 5.92 Å². The topological polar surface area (TPSA) is 30.5 Å². The average Bonchev–Trinajstić information content (AvgIpc) is 2.46. The number of piperidine rings is 1. The van der Waals surface area contributed by atoms with Gasteiger partial charge in [0.1, 0.15) is 13.2 Å². The van der Waals surface area contributed by atoms with Gasteiger partial charge in [0, 0.05) is 0 Å². The highest BCUT2D eigenvalue weighted by Gasteiger charge is 2.15. The number of aryl methyl sites for hydroxylation is 1. The van der Waals surface area contributed by atoms with Crippen molar-refractivity contribution >= 4 is 0 Å². The molecule has 0 aromatic heterocycles. The summed E-state index contributed by atoms with van der Waals surface area (Å²) in [5.74, 6) is 2.70. The van der Waals surface area contributed by atoms with Gasteiger partial charge in [-0.15, -0.1) is 0 Å². The van der Waals surface area contributed by atoms with E-state index in [1.54, 1.807) is 0 Å². The third kappa shape index (κ3) is 2.78. The molecule has 3 heteroatoms. The first kappa shape index (κ1) is 11.8. The molecule has 2 heterocycles. The highest BCUT2D eigenvalue weighted by molar-refractivity contribution is 5.43. The predicted molar refractivity (Wildman–Crippen MR) is 71.3 cm³/mol. The number of nitrogens with one attached hydrogen (secondary N) is 1. The summed E-state index contributed by atoms with van der Waals surface area (Å²) in [5, 5.41) is 3.42. The standard InChI is InChI=1S/C15H21NO2/c1(12-5-7-16-8-6-12)2-13-3-4-14-15(11-13)18-10-9-17-14/h3-4,11-12,16H,1-2,5-10H2. The van der Waals surface area contributed by atoms with E-state index < -0.39 is 0 Å². The zero-order valence-electron chi connectivity index (χ0n) is 10.8. The molecule has 0 unspecified atom stereocenters. The van der Waals surface area contributed by atoms with Gasteiger partial charge in [0.2, 0.25) is 0 Å². The quantitative estimate of drug-likeness (QED) is 0.889. The van der Waals surface area contributed by atoms with E-state index >= 15 is 0 Å². The van der Waals surface area contributed by atoms with Crippen LogP contribution in [-0.2, 0) is 6.42 Å². The van der Waals surface area contributed by atoms with Gasteiger partial charge in [-0.05, 0) is 62.4 Å². The lowest BCUT2D eigenvalue weighted by Crippen LogP contribution is -2.27. The Bertz CT molecular complexity index is 399. The van der Waals surface area contributed by atoms with E-state index in [0.717, 1.165) is 23.8 Å². The van der Waals surface area contributed by atoms with Crippen molar-refractivity contribution < 1.29 is 9.47 Å². The van der Waals surface area contributed by atoms with E-state index in [0.29, 0.717) is 13.2 Å². The lowest BCUT2D eigenvalue weighted by Gasteiger charge is -2.23. The molecule has 1 fully saturated rings. The van der Waals surface area contributed by atoms with E-state index in [-0.39, 0.29) is 0 Å². The Hall–Kier alpha value is -1.22. The van der Waals surface area contributed by atoms with Crippen LogP contribution in [0.5, 0.6) is 11.5 Å². The number of hydrogen-bond donors (Lipinski definition) is 1. The molecule has 0 bridgehead atoms. The fourth-order valence-corrected chi connectivity index (χ4v) is 2.78. The molecule has 0 saturated carbocycles. The van der Waals surface area contributed by atoms with Gasteiger partial charge in [0.15, 0.2) is 11.5 Å². The Balaban J connectivity index is 1.58. The molecule has 1 N–H and O–H groups in total. The summed E-state index contributed by atoms with van der Waals surface area (Å²) >= 11 is 0. The van der Waals surface area contributed by atoms with Crippen LogP contribution in [0.25, 0.3) is 0 Å². The molecule has 2 aliphatic rings. The van der Waals surface area contributed by atoms with Gasteiger partial charge in [-0.2, -0.15) is 0 Å². The molecule has 1 aromatic carbocycles. The van der Waals surface area contributed by atoms with Crippen LogP contribution in [-0.4, -0.2) is 26.3 Å². The molecule has 0 amide bonds. The van der Waals surface area contributed by atoms with Crippen molar-refractivity contribution in [3.05, 3.63) is 23.8 Å². The first-order valence-corrected chi connectivity index (χ1v) is 7.01. The van der Waals surface area contributed by atoms with E-state index in [4.69, 9.17) is 9.47 Å². The van der Waals surface area contributed by atoms with Gasteiger partial charge in [-0.3, -0.25) is 0 Å². The second-order valence-electron chi connectivity index (χ2n) is 5.21. The Labute approximate surface area is 108 Å². The minimum Gasteiger partial charge on any atom is -0.486 e. The van der Waals surface area contributed by atoms with Gasteiger partial charge in [-0.1, -0.05) is 6.07 Å². The molecule has 1 aromatic rings. The smallest absolute Gasteiger partial charge is 0.161 e. The fraction of sp³-hybridized carbons (Fsp3) is 0.600. The highest BCUT2D eigenvalue weighted by atomic mass is 16.6.